The minimum absolute atomic E-state index is 0.0295. The number of rotatable bonds is 4. The summed E-state index contributed by atoms with van der Waals surface area (Å²) >= 11 is 3.17. The summed E-state index contributed by atoms with van der Waals surface area (Å²) in [7, 11) is -3.20. The first kappa shape index (κ1) is 23.7. The molecule has 1 aromatic heterocycles. The average molecular weight is 495 g/mol. The molecule has 0 spiro atoms. The zero-order valence-corrected chi connectivity index (χ0v) is 19.2. The number of amides is 1. The first-order chi connectivity index (χ1) is 13.4. The second-order valence-electron chi connectivity index (χ2n) is 7.79. The molecule has 0 bridgehead atoms. The Balaban J connectivity index is 2.45. The number of aromatic nitrogens is 1. The highest BCUT2D eigenvalue weighted by Crippen LogP contribution is 2.34. The van der Waals surface area contributed by atoms with Gasteiger partial charge < -0.3 is 4.74 Å². The summed E-state index contributed by atoms with van der Waals surface area (Å²) in [5, 5.41) is 2.44. The number of aliphatic imine (C=N–C) groups is 1. The Hall–Kier alpha value is -1.62. The summed E-state index contributed by atoms with van der Waals surface area (Å²) in [4.78, 5) is 20.1. The van der Waals surface area contributed by atoms with Crippen LogP contribution < -0.4 is 5.32 Å². The minimum Gasteiger partial charge on any atom is -0.444 e. The van der Waals surface area contributed by atoms with Gasteiger partial charge in [0.1, 0.15) is 26.6 Å². The summed E-state index contributed by atoms with van der Waals surface area (Å²) in [6.07, 6.45) is 0.0352. The average Bonchev–Trinajstić information content (AvgIpc) is 2.59. The number of alkyl halides is 1. The van der Waals surface area contributed by atoms with Gasteiger partial charge in [-0.2, -0.15) is 0 Å². The number of nitrogens with zero attached hydrogens (tertiary/aromatic N) is 3. The van der Waals surface area contributed by atoms with Crippen molar-refractivity contribution in [2.24, 2.45) is 9.36 Å². The lowest BCUT2D eigenvalue weighted by Crippen LogP contribution is -2.54. The molecule has 29 heavy (non-hydrogen) atoms. The molecule has 0 radical (unpaired) electrons. The fourth-order valence-corrected chi connectivity index (χ4v) is 5.87. The normalized spacial score (nSPS) is 25.3. The molecule has 0 saturated carbocycles. The standard InChI is InChI=1S/C18H25BrF2N4O3S/c1-17(2,3)28-16(26)25-15(22-11-20)18(4)8-5-9-23-29(18,27)10-13-12(21)6-7-14(19)24-13/h6-7H,5,8-11H2,1-4H3,(H,22,25,26)/t18-,29?/m0/s1. The van der Waals surface area contributed by atoms with Gasteiger partial charge in [-0.05, 0) is 68.6 Å². The van der Waals surface area contributed by atoms with Crippen LogP contribution in [0.3, 0.4) is 0 Å². The first-order valence-electron chi connectivity index (χ1n) is 9.02. The third-order valence-electron chi connectivity index (χ3n) is 4.37. The van der Waals surface area contributed by atoms with Crippen LogP contribution in [-0.2, 0) is 20.2 Å². The maximum atomic E-state index is 14.3. The van der Waals surface area contributed by atoms with E-state index in [1.54, 1.807) is 27.7 Å². The molecule has 1 aliphatic rings. The van der Waals surface area contributed by atoms with Crippen LogP contribution in [-0.4, -0.2) is 44.8 Å². The smallest absolute Gasteiger partial charge is 0.413 e. The van der Waals surface area contributed by atoms with Gasteiger partial charge >= 0.3 is 6.09 Å². The van der Waals surface area contributed by atoms with Gasteiger partial charge in [0.05, 0.1) is 21.2 Å². The molecule has 0 aliphatic carbocycles. The van der Waals surface area contributed by atoms with E-state index in [-0.39, 0.29) is 17.3 Å². The third-order valence-corrected chi connectivity index (χ3v) is 7.88. The molecule has 7 nitrogen and oxygen atoms in total. The Labute approximate surface area is 178 Å². The summed E-state index contributed by atoms with van der Waals surface area (Å²) in [6, 6.07) is 2.65. The highest BCUT2D eigenvalue weighted by Gasteiger charge is 2.45. The van der Waals surface area contributed by atoms with Gasteiger partial charge in [0.25, 0.3) is 0 Å². The largest absolute Gasteiger partial charge is 0.444 e. The van der Waals surface area contributed by atoms with E-state index in [0.29, 0.717) is 24.0 Å². The van der Waals surface area contributed by atoms with Crippen molar-refractivity contribution in [1.82, 2.24) is 10.3 Å². The van der Waals surface area contributed by atoms with Crippen LogP contribution >= 0.6 is 15.9 Å². The molecular weight excluding hydrogens is 470 g/mol. The lowest BCUT2D eigenvalue weighted by Gasteiger charge is -2.36. The molecule has 11 heteroatoms. The zero-order chi connectivity index (χ0) is 21.9. The number of amidine groups is 1. The number of hydrogen-bond donors (Lipinski definition) is 1. The Kier molecular flexibility index (Phi) is 7.37. The van der Waals surface area contributed by atoms with Crippen molar-refractivity contribution in [3.8, 4) is 0 Å². The maximum absolute atomic E-state index is 14.3. The molecule has 1 amide bonds. The van der Waals surface area contributed by atoms with Crippen molar-refractivity contribution in [3.05, 3.63) is 28.2 Å². The lowest BCUT2D eigenvalue weighted by atomic mass is 10.0. The van der Waals surface area contributed by atoms with Crippen molar-refractivity contribution in [3.63, 3.8) is 0 Å². The Morgan fingerprint density at radius 2 is 2.14 bits per heavy atom. The number of carbonyl (C=O) groups is 1. The van der Waals surface area contributed by atoms with Crippen LogP contribution in [0.4, 0.5) is 13.6 Å². The summed E-state index contributed by atoms with van der Waals surface area (Å²) in [5.41, 5.74) is -0.814. The van der Waals surface area contributed by atoms with E-state index in [2.05, 4.69) is 35.6 Å². The van der Waals surface area contributed by atoms with Gasteiger partial charge in [-0.25, -0.2) is 32.1 Å². The van der Waals surface area contributed by atoms with E-state index in [0.717, 1.165) is 0 Å². The first-order valence-corrected chi connectivity index (χ1v) is 11.5. The van der Waals surface area contributed by atoms with E-state index in [1.165, 1.54) is 12.1 Å². The molecule has 0 saturated heterocycles. The van der Waals surface area contributed by atoms with Crippen molar-refractivity contribution >= 4 is 37.6 Å². The number of pyridine rings is 1. The number of ether oxygens (including phenoxy) is 1. The molecule has 1 N–H and O–H groups in total. The van der Waals surface area contributed by atoms with Gasteiger partial charge in [-0.15, -0.1) is 0 Å². The van der Waals surface area contributed by atoms with Crippen molar-refractivity contribution < 1.29 is 22.5 Å². The fourth-order valence-electron chi connectivity index (χ4n) is 2.95. The number of halogens is 3. The van der Waals surface area contributed by atoms with Gasteiger partial charge in [0, 0.05) is 6.54 Å². The van der Waals surface area contributed by atoms with Gasteiger partial charge in [0.15, 0.2) is 6.80 Å². The monoisotopic (exact) mass is 494 g/mol. The number of nitrogens with one attached hydrogen (secondary N) is 1. The predicted molar refractivity (Wildman–Crippen MR) is 111 cm³/mol. The van der Waals surface area contributed by atoms with Gasteiger partial charge in [-0.1, -0.05) is 0 Å². The molecule has 2 rings (SSSR count). The lowest BCUT2D eigenvalue weighted by molar-refractivity contribution is 0.0561. The third kappa shape index (κ3) is 5.71. The van der Waals surface area contributed by atoms with E-state index >= 15 is 0 Å². The number of alkyl carbamates (subject to hydrolysis) is 1. The van der Waals surface area contributed by atoms with Gasteiger partial charge in [-0.3, -0.25) is 5.32 Å². The van der Waals surface area contributed by atoms with E-state index in [4.69, 9.17) is 4.74 Å². The predicted octanol–water partition coefficient (Wildman–Crippen LogP) is 4.35. The molecule has 2 heterocycles. The molecule has 162 valence electrons. The van der Waals surface area contributed by atoms with Crippen LogP contribution in [0.5, 0.6) is 0 Å². The van der Waals surface area contributed by atoms with Crippen LogP contribution in [0, 0.1) is 5.82 Å². The van der Waals surface area contributed by atoms with Crippen molar-refractivity contribution in [2.75, 3.05) is 13.3 Å². The summed E-state index contributed by atoms with van der Waals surface area (Å²) in [6.45, 7) is 5.81. The van der Waals surface area contributed by atoms with Crippen LogP contribution in [0.2, 0.25) is 0 Å². The Morgan fingerprint density at radius 1 is 1.45 bits per heavy atom. The number of carbonyl (C=O) groups excluding carboxylic acids is 1. The molecular formula is C18H25BrF2N4O3S. The number of hydrogen-bond acceptors (Lipinski definition) is 6. The molecule has 0 aromatic carbocycles. The van der Waals surface area contributed by atoms with Crippen molar-refractivity contribution in [2.45, 2.75) is 56.6 Å². The fraction of sp³-hybridized carbons (Fsp3) is 0.611. The quantitative estimate of drug-likeness (QED) is 0.291. The molecule has 1 unspecified atom stereocenters. The van der Waals surface area contributed by atoms with Gasteiger partial charge in [0.2, 0.25) is 0 Å². The Bertz CT molecular complexity index is 926. The van der Waals surface area contributed by atoms with Crippen LogP contribution in [0.1, 0.15) is 46.2 Å². The highest BCUT2D eigenvalue weighted by atomic mass is 79.9. The molecule has 1 aromatic rings. The maximum Gasteiger partial charge on any atom is 0.413 e. The Morgan fingerprint density at radius 3 is 2.76 bits per heavy atom. The second-order valence-corrected chi connectivity index (χ2v) is 11.3. The van der Waals surface area contributed by atoms with Crippen LogP contribution in [0.25, 0.3) is 0 Å². The highest BCUT2D eigenvalue weighted by molar-refractivity contribution is 9.10. The molecule has 2 atom stereocenters. The topological polar surface area (TPSA) is 93.0 Å². The summed E-state index contributed by atoms with van der Waals surface area (Å²) in [5.74, 6) is -1.04. The zero-order valence-electron chi connectivity index (χ0n) is 16.8. The van der Waals surface area contributed by atoms with E-state index in [1.807, 2.05) is 0 Å². The molecule has 0 fully saturated rings. The van der Waals surface area contributed by atoms with E-state index < -0.39 is 38.8 Å². The second kappa shape index (κ2) is 9.03. The molecule has 1 aliphatic heterocycles. The minimum atomic E-state index is -3.20. The summed E-state index contributed by atoms with van der Waals surface area (Å²) < 4.78 is 49.9. The SMILES string of the molecule is CC(C)(C)OC(=O)N/C(=N/CF)[C@]1(C)CCCN=S1(=O)Cc1nc(Br)ccc1F. The van der Waals surface area contributed by atoms with E-state index in [9.17, 15) is 17.8 Å². The van der Waals surface area contributed by atoms with Crippen LogP contribution in [0.15, 0.2) is 26.1 Å². The van der Waals surface area contributed by atoms with Crippen molar-refractivity contribution in [1.29, 1.82) is 0 Å².